The second-order valence-corrected chi connectivity index (χ2v) is 5.39. The molecule has 0 bridgehead atoms. The van der Waals surface area contributed by atoms with Crippen molar-refractivity contribution in [3.63, 3.8) is 0 Å². The minimum Gasteiger partial charge on any atom is -0.313 e. The normalized spacial score (nSPS) is 21.8. The van der Waals surface area contributed by atoms with Gasteiger partial charge in [0, 0.05) is 19.1 Å². The molecule has 0 aromatic heterocycles. The topological polar surface area (TPSA) is 15.3 Å². The van der Waals surface area contributed by atoms with E-state index in [1.165, 1.54) is 56.6 Å². The van der Waals surface area contributed by atoms with Gasteiger partial charge in [0.2, 0.25) is 0 Å². The van der Waals surface area contributed by atoms with Crippen molar-refractivity contribution in [1.82, 2.24) is 10.2 Å². The lowest BCUT2D eigenvalue weighted by molar-refractivity contribution is 0.268. The monoisotopic (exact) mass is 246 g/mol. The van der Waals surface area contributed by atoms with E-state index in [0.717, 1.165) is 0 Å². The average Bonchev–Trinajstić information content (AvgIpc) is 2.63. The number of aryl methyl sites for hydroxylation is 1. The van der Waals surface area contributed by atoms with Crippen LogP contribution < -0.4 is 5.32 Å². The Labute approximate surface area is 111 Å². The van der Waals surface area contributed by atoms with Gasteiger partial charge in [-0.05, 0) is 50.4 Å². The molecule has 1 heterocycles. The third kappa shape index (κ3) is 3.82. The molecule has 100 valence electrons. The van der Waals surface area contributed by atoms with Gasteiger partial charge in [0.25, 0.3) is 0 Å². The van der Waals surface area contributed by atoms with Crippen LogP contribution in [0.15, 0.2) is 24.3 Å². The molecule has 1 aromatic carbocycles. The van der Waals surface area contributed by atoms with Crippen LogP contribution >= 0.6 is 0 Å². The van der Waals surface area contributed by atoms with Crippen molar-refractivity contribution >= 4 is 0 Å². The maximum Gasteiger partial charge on any atom is 0.0192 e. The van der Waals surface area contributed by atoms with Crippen molar-refractivity contribution in [1.29, 1.82) is 0 Å². The first-order chi connectivity index (χ1) is 8.79. The summed E-state index contributed by atoms with van der Waals surface area (Å²) in [5.74, 6) is 0. The van der Waals surface area contributed by atoms with E-state index in [2.05, 4.69) is 48.3 Å². The van der Waals surface area contributed by atoms with Gasteiger partial charge in [0.05, 0.1) is 0 Å². The highest BCUT2D eigenvalue weighted by Gasteiger charge is 2.15. The maximum atomic E-state index is 3.63. The summed E-state index contributed by atoms with van der Waals surface area (Å²) >= 11 is 0. The molecular weight excluding hydrogens is 220 g/mol. The van der Waals surface area contributed by atoms with Gasteiger partial charge in [-0.3, -0.25) is 0 Å². The quantitative estimate of drug-likeness (QED) is 0.878. The first-order valence-electron chi connectivity index (χ1n) is 7.30. The summed E-state index contributed by atoms with van der Waals surface area (Å²) in [5.41, 5.74) is 2.93. The average molecular weight is 246 g/mol. The van der Waals surface area contributed by atoms with E-state index in [1.54, 1.807) is 0 Å². The predicted molar refractivity (Wildman–Crippen MR) is 78.0 cm³/mol. The molecule has 2 rings (SSSR count). The van der Waals surface area contributed by atoms with Crippen LogP contribution in [0.2, 0.25) is 0 Å². The highest BCUT2D eigenvalue weighted by molar-refractivity contribution is 5.25. The molecule has 1 saturated heterocycles. The first kappa shape index (κ1) is 13.6. The van der Waals surface area contributed by atoms with Crippen LogP contribution in [0.25, 0.3) is 0 Å². The van der Waals surface area contributed by atoms with Crippen LogP contribution in [0.5, 0.6) is 0 Å². The molecular formula is C16H26N2. The van der Waals surface area contributed by atoms with Crippen molar-refractivity contribution in [3.8, 4) is 0 Å². The van der Waals surface area contributed by atoms with Gasteiger partial charge in [0.1, 0.15) is 0 Å². The van der Waals surface area contributed by atoms with E-state index in [-0.39, 0.29) is 0 Å². The van der Waals surface area contributed by atoms with Crippen LogP contribution in [-0.4, -0.2) is 37.1 Å². The standard InChI is InChI=1S/C16H26N2/c1-3-16-13-18(11-6-10-17-16)12-9-15-8-5-4-7-14(15)2/h4-5,7-8,16-17H,3,6,9-13H2,1-2H3. The minimum absolute atomic E-state index is 0.685. The van der Waals surface area contributed by atoms with Gasteiger partial charge in [0.15, 0.2) is 0 Å². The fraction of sp³-hybridized carbons (Fsp3) is 0.625. The summed E-state index contributed by atoms with van der Waals surface area (Å²) < 4.78 is 0. The summed E-state index contributed by atoms with van der Waals surface area (Å²) in [5, 5.41) is 3.63. The number of benzene rings is 1. The molecule has 1 atom stereocenters. The Balaban J connectivity index is 1.87. The second kappa shape index (κ2) is 6.91. The van der Waals surface area contributed by atoms with Crippen molar-refractivity contribution in [3.05, 3.63) is 35.4 Å². The Morgan fingerprint density at radius 3 is 2.94 bits per heavy atom. The fourth-order valence-corrected chi connectivity index (χ4v) is 2.72. The van der Waals surface area contributed by atoms with Gasteiger partial charge < -0.3 is 10.2 Å². The Morgan fingerprint density at radius 1 is 1.33 bits per heavy atom. The first-order valence-corrected chi connectivity index (χ1v) is 7.30. The zero-order valence-corrected chi connectivity index (χ0v) is 11.8. The van der Waals surface area contributed by atoms with Crippen molar-refractivity contribution in [2.75, 3.05) is 26.2 Å². The zero-order valence-electron chi connectivity index (χ0n) is 11.8. The molecule has 18 heavy (non-hydrogen) atoms. The molecule has 1 aliphatic rings. The van der Waals surface area contributed by atoms with Crippen LogP contribution in [0.3, 0.4) is 0 Å². The molecule has 0 aliphatic carbocycles. The molecule has 0 saturated carbocycles. The Kier molecular flexibility index (Phi) is 5.21. The van der Waals surface area contributed by atoms with E-state index in [0.29, 0.717) is 6.04 Å². The lowest BCUT2D eigenvalue weighted by atomic mass is 10.1. The zero-order chi connectivity index (χ0) is 12.8. The molecule has 1 N–H and O–H groups in total. The highest BCUT2D eigenvalue weighted by atomic mass is 15.2. The predicted octanol–water partition coefficient (Wildman–Crippen LogP) is 2.61. The van der Waals surface area contributed by atoms with Crippen molar-refractivity contribution < 1.29 is 0 Å². The lowest BCUT2D eigenvalue weighted by Crippen LogP contribution is -2.38. The summed E-state index contributed by atoms with van der Waals surface area (Å²) in [6.07, 6.45) is 3.70. The van der Waals surface area contributed by atoms with Crippen LogP contribution in [0, 0.1) is 6.92 Å². The molecule has 0 radical (unpaired) electrons. The molecule has 1 aromatic rings. The Bertz CT molecular complexity index is 362. The van der Waals surface area contributed by atoms with E-state index in [1.807, 2.05) is 0 Å². The molecule has 0 spiro atoms. The largest absolute Gasteiger partial charge is 0.313 e. The number of nitrogens with one attached hydrogen (secondary N) is 1. The number of rotatable bonds is 4. The third-order valence-electron chi connectivity index (χ3n) is 4.01. The van der Waals surface area contributed by atoms with Gasteiger partial charge in [-0.2, -0.15) is 0 Å². The molecule has 1 aliphatic heterocycles. The van der Waals surface area contributed by atoms with E-state index in [4.69, 9.17) is 0 Å². The number of nitrogens with zero attached hydrogens (tertiary/aromatic N) is 1. The Hall–Kier alpha value is -0.860. The molecule has 2 heteroatoms. The SMILES string of the molecule is CCC1CN(CCc2ccccc2C)CCCN1. The summed E-state index contributed by atoms with van der Waals surface area (Å²) in [4.78, 5) is 2.63. The minimum atomic E-state index is 0.685. The van der Waals surface area contributed by atoms with Crippen LogP contribution in [-0.2, 0) is 6.42 Å². The fourth-order valence-electron chi connectivity index (χ4n) is 2.72. The molecule has 1 unspecified atom stereocenters. The summed E-state index contributed by atoms with van der Waals surface area (Å²) in [6, 6.07) is 9.45. The summed E-state index contributed by atoms with van der Waals surface area (Å²) in [7, 11) is 0. The molecule has 1 fully saturated rings. The smallest absolute Gasteiger partial charge is 0.0192 e. The van der Waals surface area contributed by atoms with Gasteiger partial charge in [-0.15, -0.1) is 0 Å². The Morgan fingerprint density at radius 2 is 2.17 bits per heavy atom. The van der Waals surface area contributed by atoms with Crippen molar-refractivity contribution in [2.24, 2.45) is 0 Å². The van der Waals surface area contributed by atoms with Gasteiger partial charge in [-0.25, -0.2) is 0 Å². The summed E-state index contributed by atoms with van der Waals surface area (Å²) in [6.45, 7) is 9.33. The number of hydrogen-bond acceptors (Lipinski definition) is 2. The van der Waals surface area contributed by atoms with Crippen LogP contribution in [0.4, 0.5) is 0 Å². The van der Waals surface area contributed by atoms with Gasteiger partial charge in [-0.1, -0.05) is 31.2 Å². The third-order valence-corrected chi connectivity index (χ3v) is 4.01. The van der Waals surface area contributed by atoms with Gasteiger partial charge >= 0.3 is 0 Å². The van der Waals surface area contributed by atoms with E-state index in [9.17, 15) is 0 Å². The lowest BCUT2D eigenvalue weighted by Gasteiger charge is -2.23. The van der Waals surface area contributed by atoms with E-state index >= 15 is 0 Å². The second-order valence-electron chi connectivity index (χ2n) is 5.39. The van der Waals surface area contributed by atoms with Crippen LogP contribution in [0.1, 0.15) is 30.9 Å². The molecule has 0 amide bonds. The maximum absolute atomic E-state index is 3.63. The van der Waals surface area contributed by atoms with Crippen molar-refractivity contribution in [2.45, 2.75) is 39.2 Å². The molecule has 2 nitrogen and oxygen atoms in total. The van der Waals surface area contributed by atoms with E-state index < -0.39 is 0 Å². The number of hydrogen-bond donors (Lipinski definition) is 1. The highest BCUT2D eigenvalue weighted by Crippen LogP contribution is 2.10.